The summed E-state index contributed by atoms with van der Waals surface area (Å²) in [5.41, 5.74) is 3.22. The molecule has 0 saturated heterocycles. The molecule has 0 bridgehead atoms. The molecule has 0 spiro atoms. The van der Waals surface area contributed by atoms with Crippen LogP contribution in [-0.2, 0) is 9.59 Å². The van der Waals surface area contributed by atoms with Gasteiger partial charge in [-0.1, -0.05) is 29.8 Å². The zero-order chi connectivity index (χ0) is 26.9. The second kappa shape index (κ2) is 12.2. The minimum atomic E-state index is -0.778. The minimum Gasteiger partial charge on any atom is -0.450 e. The molecule has 3 aromatic rings. The molecule has 0 aliphatic rings. The summed E-state index contributed by atoms with van der Waals surface area (Å²) in [6.45, 7) is 1.84. The van der Waals surface area contributed by atoms with Crippen LogP contribution in [0, 0.1) is 27.2 Å². The number of rotatable bonds is 10. The van der Waals surface area contributed by atoms with E-state index in [4.69, 9.17) is 16.3 Å². The Morgan fingerprint density at radius 2 is 1.76 bits per heavy atom. The van der Waals surface area contributed by atoms with Gasteiger partial charge < -0.3 is 10.1 Å². The number of hydrogen-bond donors (Lipinski definition) is 2. The molecule has 0 unspecified atom stereocenters. The van der Waals surface area contributed by atoms with Crippen molar-refractivity contribution in [3.63, 3.8) is 0 Å². The average Bonchev–Trinajstić information content (AvgIpc) is 2.85. The Morgan fingerprint density at radius 1 is 1.00 bits per heavy atom. The lowest BCUT2D eigenvalue weighted by atomic mass is 10.2. The Labute approximate surface area is 215 Å². The lowest BCUT2D eigenvalue weighted by Gasteiger charge is -2.07. The van der Waals surface area contributed by atoms with E-state index in [-0.39, 0.29) is 30.2 Å². The molecule has 0 atom stereocenters. The van der Waals surface area contributed by atoms with Crippen molar-refractivity contribution in [2.45, 2.75) is 19.8 Å². The van der Waals surface area contributed by atoms with Crippen molar-refractivity contribution >= 4 is 46.7 Å². The summed E-state index contributed by atoms with van der Waals surface area (Å²) in [4.78, 5) is 44.7. The second-order valence-corrected chi connectivity index (χ2v) is 8.05. The third kappa shape index (κ3) is 7.83. The lowest BCUT2D eigenvalue weighted by Crippen LogP contribution is -2.20. The van der Waals surface area contributed by atoms with E-state index >= 15 is 0 Å². The van der Waals surface area contributed by atoms with Crippen molar-refractivity contribution in [3.05, 3.63) is 97.0 Å². The van der Waals surface area contributed by atoms with Gasteiger partial charge in [-0.05, 0) is 48.4 Å². The molecule has 0 saturated carbocycles. The molecule has 2 amide bonds. The van der Waals surface area contributed by atoms with Gasteiger partial charge in [0.25, 0.3) is 5.69 Å². The van der Waals surface area contributed by atoms with Gasteiger partial charge in [-0.25, -0.2) is 5.43 Å². The van der Waals surface area contributed by atoms with Crippen LogP contribution in [0.5, 0.6) is 11.5 Å². The number of hydrogen-bond acceptors (Lipinski definition) is 8. The zero-order valence-electron chi connectivity index (χ0n) is 19.3. The molecule has 0 fully saturated rings. The van der Waals surface area contributed by atoms with Crippen molar-refractivity contribution in [2.24, 2.45) is 5.10 Å². The van der Waals surface area contributed by atoms with Crippen molar-refractivity contribution in [2.75, 3.05) is 5.32 Å². The van der Waals surface area contributed by atoms with Crippen LogP contribution in [0.2, 0.25) is 5.02 Å². The lowest BCUT2D eigenvalue weighted by molar-refractivity contribution is -0.394. The van der Waals surface area contributed by atoms with Crippen molar-refractivity contribution in [3.8, 4) is 11.5 Å². The second-order valence-electron chi connectivity index (χ2n) is 7.65. The number of halogens is 1. The van der Waals surface area contributed by atoms with Gasteiger partial charge in [0.15, 0.2) is 0 Å². The van der Waals surface area contributed by atoms with Gasteiger partial charge in [-0.2, -0.15) is 5.10 Å². The van der Waals surface area contributed by atoms with E-state index in [9.17, 15) is 29.8 Å². The fourth-order valence-electron chi connectivity index (χ4n) is 2.99. The fraction of sp³-hybridized carbons (Fsp3) is 0.125. The quantitative estimate of drug-likeness (QED) is 0.210. The maximum atomic E-state index is 12.1. The fourth-order valence-corrected chi connectivity index (χ4v) is 3.17. The predicted molar refractivity (Wildman–Crippen MR) is 136 cm³/mol. The monoisotopic (exact) mass is 525 g/mol. The third-order valence-electron chi connectivity index (χ3n) is 4.87. The first kappa shape index (κ1) is 26.8. The van der Waals surface area contributed by atoms with E-state index in [1.807, 2.05) is 6.92 Å². The van der Waals surface area contributed by atoms with E-state index in [2.05, 4.69) is 15.8 Å². The van der Waals surface area contributed by atoms with Gasteiger partial charge in [0, 0.05) is 29.6 Å². The number of nitro benzene ring substituents is 2. The summed E-state index contributed by atoms with van der Waals surface area (Å²) in [5, 5.41) is 29.2. The first-order valence-electron chi connectivity index (χ1n) is 10.7. The Kier molecular flexibility index (Phi) is 8.84. The number of carbonyl (C=O) groups is 2. The molecule has 0 aromatic heterocycles. The van der Waals surface area contributed by atoms with Gasteiger partial charge in [-0.3, -0.25) is 29.8 Å². The number of ether oxygens (including phenoxy) is 1. The maximum absolute atomic E-state index is 12.1. The SMILES string of the molecule is Cc1ccc(NC(=O)CCC(=O)NN=Cc2cccc(Oc3ccc([N+](=O)[O-])cc3[N+](=O)[O-])c2)cc1Cl. The standard InChI is InChI=1S/C24H20ClN5O7/c1-15-5-6-17(12-20(15)25)27-23(31)9-10-24(32)28-26-14-16-3-2-4-19(11-16)37-22-8-7-18(29(33)34)13-21(22)30(35)36/h2-8,11-14H,9-10H2,1H3,(H,27,31)(H,28,32). The Bertz CT molecular complexity index is 1390. The molecule has 0 heterocycles. The highest BCUT2D eigenvalue weighted by molar-refractivity contribution is 6.31. The third-order valence-corrected chi connectivity index (χ3v) is 5.28. The number of nitro groups is 2. The zero-order valence-corrected chi connectivity index (χ0v) is 20.1. The summed E-state index contributed by atoms with van der Waals surface area (Å²) in [6, 6.07) is 14.4. The number of hydrazone groups is 1. The van der Waals surface area contributed by atoms with Crippen molar-refractivity contribution < 1.29 is 24.2 Å². The highest BCUT2D eigenvalue weighted by Gasteiger charge is 2.21. The summed E-state index contributed by atoms with van der Waals surface area (Å²) < 4.78 is 5.54. The van der Waals surface area contributed by atoms with Crippen LogP contribution in [-0.4, -0.2) is 27.9 Å². The molecule has 3 aromatic carbocycles. The Morgan fingerprint density at radius 3 is 2.46 bits per heavy atom. The molecule has 0 radical (unpaired) electrons. The average molecular weight is 526 g/mol. The van der Waals surface area contributed by atoms with E-state index in [1.165, 1.54) is 18.3 Å². The van der Waals surface area contributed by atoms with Crippen LogP contribution in [0.3, 0.4) is 0 Å². The topological polar surface area (TPSA) is 166 Å². The largest absolute Gasteiger partial charge is 0.450 e. The first-order chi connectivity index (χ1) is 17.6. The molecular weight excluding hydrogens is 506 g/mol. The summed E-state index contributed by atoms with van der Waals surface area (Å²) in [7, 11) is 0. The number of amides is 2. The smallest absolute Gasteiger partial charge is 0.318 e. The number of aryl methyl sites for hydroxylation is 1. The van der Waals surface area contributed by atoms with E-state index in [0.29, 0.717) is 16.3 Å². The van der Waals surface area contributed by atoms with Crippen LogP contribution >= 0.6 is 11.6 Å². The molecule has 0 aliphatic heterocycles. The number of carbonyl (C=O) groups excluding carboxylic acids is 2. The maximum Gasteiger partial charge on any atom is 0.318 e. The number of anilines is 1. The number of nitrogens with zero attached hydrogens (tertiary/aromatic N) is 3. The molecular formula is C24H20ClN5O7. The first-order valence-corrected chi connectivity index (χ1v) is 11.1. The molecule has 3 rings (SSSR count). The summed E-state index contributed by atoms with van der Waals surface area (Å²) in [5.74, 6) is -0.809. The van der Waals surface area contributed by atoms with Crippen LogP contribution in [0.4, 0.5) is 17.1 Å². The number of nitrogens with one attached hydrogen (secondary N) is 2. The molecule has 190 valence electrons. The summed E-state index contributed by atoms with van der Waals surface area (Å²) >= 11 is 6.03. The van der Waals surface area contributed by atoms with Crippen LogP contribution in [0.25, 0.3) is 0 Å². The van der Waals surface area contributed by atoms with E-state index < -0.39 is 27.1 Å². The minimum absolute atomic E-state index is 0.0653. The van der Waals surface area contributed by atoms with Gasteiger partial charge >= 0.3 is 5.69 Å². The Hall–Kier alpha value is -4.84. The van der Waals surface area contributed by atoms with Crippen LogP contribution < -0.4 is 15.5 Å². The highest BCUT2D eigenvalue weighted by Crippen LogP contribution is 2.34. The van der Waals surface area contributed by atoms with Crippen molar-refractivity contribution in [1.82, 2.24) is 5.43 Å². The number of non-ortho nitro benzene ring substituents is 1. The highest BCUT2D eigenvalue weighted by atomic mass is 35.5. The van der Waals surface area contributed by atoms with Crippen molar-refractivity contribution in [1.29, 1.82) is 0 Å². The Balaban J connectivity index is 1.54. The predicted octanol–water partition coefficient (Wildman–Crippen LogP) is 5.13. The number of benzene rings is 3. The van der Waals surface area contributed by atoms with Gasteiger partial charge in [0.05, 0.1) is 22.1 Å². The van der Waals surface area contributed by atoms with E-state index in [0.717, 1.165) is 23.8 Å². The summed E-state index contributed by atoms with van der Waals surface area (Å²) in [6.07, 6.45) is 1.16. The molecule has 13 heteroatoms. The van der Waals surface area contributed by atoms with Crippen LogP contribution in [0.1, 0.15) is 24.0 Å². The molecule has 2 N–H and O–H groups in total. The van der Waals surface area contributed by atoms with Gasteiger partial charge in [0.2, 0.25) is 17.6 Å². The van der Waals surface area contributed by atoms with E-state index in [1.54, 1.807) is 30.3 Å². The normalized spacial score (nSPS) is 10.6. The molecule has 0 aliphatic carbocycles. The van der Waals surface area contributed by atoms with Crippen LogP contribution in [0.15, 0.2) is 65.8 Å². The van der Waals surface area contributed by atoms with Gasteiger partial charge in [0.1, 0.15) is 5.75 Å². The molecule has 37 heavy (non-hydrogen) atoms. The van der Waals surface area contributed by atoms with Gasteiger partial charge in [-0.15, -0.1) is 0 Å². The molecule has 12 nitrogen and oxygen atoms in total.